The Bertz CT molecular complexity index is 608. The van der Waals surface area contributed by atoms with E-state index in [9.17, 15) is 0 Å². The van der Waals surface area contributed by atoms with Crippen molar-refractivity contribution in [2.75, 3.05) is 18.0 Å². The van der Waals surface area contributed by atoms with E-state index in [-0.39, 0.29) is 11.5 Å². The highest BCUT2D eigenvalue weighted by Crippen LogP contribution is 2.28. The van der Waals surface area contributed by atoms with Gasteiger partial charge in [-0.15, -0.1) is 0 Å². The van der Waals surface area contributed by atoms with E-state index in [1.54, 1.807) is 12.4 Å². The van der Waals surface area contributed by atoms with Crippen LogP contribution in [-0.2, 0) is 16.8 Å². The zero-order valence-corrected chi connectivity index (χ0v) is 14.1. The molecule has 1 atom stereocenters. The van der Waals surface area contributed by atoms with Crippen LogP contribution in [0.4, 0.5) is 5.13 Å². The van der Waals surface area contributed by atoms with Crippen molar-refractivity contribution in [2.24, 2.45) is 0 Å². The highest BCUT2D eigenvalue weighted by atomic mass is 32.1. The van der Waals surface area contributed by atoms with Gasteiger partial charge in [-0.2, -0.15) is 4.37 Å². The summed E-state index contributed by atoms with van der Waals surface area (Å²) in [6.45, 7) is 8.95. The molecule has 0 saturated carbocycles. The Hall–Kier alpha value is -1.53. The van der Waals surface area contributed by atoms with Crippen molar-refractivity contribution in [1.82, 2.24) is 14.3 Å². The smallest absolute Gasteiger partial charge is 0.205 e. The van der Waals surface area contributed by atoms with Crippen molar-refractivity contribution in [3.8, 4) is 0 Å². The number of hydrogen-bond acceptors (Lipinski definition) is 6. The van der Waals surface area contributed by atoms with Gasteiger partial charge in [0.05, 0.1) is 12.7 Å². The van der Waals surface area contributed by atoms with E-state index in [2.05, 4.69) is 40.0 Å². The molecule has 3 heterocycles. The molecule has 5 nitrogen and oxygen atoms in total. The first-order valence-corrected chi connectivity index (χ1v) is 8.39. The molecular weight excluding hydrogens is 296 g/mol. The summed E-state index contributed by atoms with van der Waals surface area (Å²) in [6, 6.07) is 3.99. The van der Waals surface area contributed by atoms with Crippen molar-refractivity contribution in [3.05, 3.63) is 35.9 Å². The molecule has 3 rings (SSSR count). The lowest BCUT2D eigenvalue weighted by atomic mass is 9.96. The number of ether oxygens (including phenoxy) is 1. The molecule has 0 bridgehead atoms. The van der Waals surface area contributed by atoms with E-state index < -0.39 is 0 Å². The van der Waals surface area contributed by atoms with Crippen LogP contribution in [0.5, 0.6) is 0 Å². The molecule has 0 radical (unpaired) electrons. The molecule has 2 aromatic rings. The molecule has 1 saturated heterocycles. The molecule has 22 heavy (non-hydrogen) atoms. The summed E-state index contributed by atoms with van der Waals surface area (Å²) in [5.41, 5.74) is 1.17. The lowest BCUT2D eigenvalue weighted by Gasteiger charge is -2.16. The van der Waals surface area contributed by atoms with Gasteiger partial charge in [-0.05, 0) is 24.1 Å². The molecule has 1 aliphatic heterocycles. The minimum atomic E-state index is 0.00568. The van der Waals surface area contributed by atoms with Gasteiger partial charge in [-0.1, -0.05) is 20.8 Å². The van der Waals surface area contributed by atoms with Crippen LogP contribution < -0.4 is 4.90 Å². The van der Waals surface area contributed by atoms with Crippen molar-refractivity contribution in [2.45, 2.75) is 45.3 Å². The first kappa shape index (κ1) is 15.4. The molecule has 1 aliphatic rings. The maximum atomic E-state index is 6.00. The maximum absolute atomic E-state index is 6.00. The van der Waals surface area contributed by atoms with Gasteiger partial charge in [0.25, 0.3) is 0 Å². The third kappa shape index (κ3) is 3.62. The number of anilines is 1. The van der Waals surface area contributed by atoms with Crippen LogP contribution in [0.2, 0.25) is 0 Å². The summed E-state index contributed by atoms with van der Waals surface area (Å²) in [6.07, 6.45) is 4.90. The Kier molecular flexibility index (Phi) is 4.40. The summed E-state index contributed by atoms with van der Waals surface area (Å²) in [4.78, 5) is 11.0. The first-order valence-electron chi connectivity index (χ1n) is 7.62. The number of hydrogen-bond donors (Lipinski definition) is 0. The molecule has 0 amide bonds. The molecule has 2 aromatic heterocycles. The van der Waals surface area contributed by atoms with Gasteiger partial charge < -0.3 is 9.64 Å². The molecule has 0 aliphatic carbocycles. The van der Waals surface area contributed by atoms with Gasteiger partial charge in [0, 0.05) is 42.4 Å². The van der Waals surface area contributed by atoms with E-state index in [0.29, 0.717) is 6.61 Å². The average Bonchev–Trinajstić information content (AvgIpc) is 3.14. The number of aromatic nitrogens is 3. The topological polar surface area (TPSA) is 51.1 Å². The molecule has 0 N–H and O–H groups in total. The third-order valence-corrected chi connectivity index (χ3v) is 4.51. The molecule has 1 fully saturated rings. The Labute approximate surface area is 135 Å². The minimum Gasteiger partial charge on any atom is -0.372 e. The summed E-state index contributed by atoms with van der Waals surface area (Å²) < 4.78 is 10.5. The van der Waals surface area contributed by atoms with Gasteiger partial charge in [0.2, 0.25) is 5.13 Å². The van der Waals surface area contributed by atoms with Gasteiger partial charge in [0.1, 0.15) is 5.82 Å². The van der Waals surface area contributed by atoms with E-state index in [1.165, 1.54) is 17.1 Å². The Morgan fingerprint density at radius 3 is 2.77 bits per heavy atom. The van der Waals surface area contributed by atoms with E-state index in [0.717, 1.165) is 30.5 Å². The summed E-state index contributed by atoms with van der Waals surface area (Å²) in [5.74, 6) is 0.925. The highest BCUT2D eigenvalue weighted by molar-refractivity contribution is 7.09. The predicted octanol–water partition coefficient (Wildman–Crippen LogP) is 3.03. The normalized spacial score (nSPS) is 18.9. The largest absolute Gasteiger partial charge is 0.372 e. The summed E-state index contributed by atoms with van der Waals surface area (Å²) in [5, 5.41) is 1.01. The molecule has 118 valence electrons. The van der Waals surface area contributed by atoms with Crippen LogP contribution in [-0.4, -0.2) is 33.5 Å². The fourth-order valence-corrected chi connectivity index (χ4v) is 3.27. The molecule has 1 unspecified atom stereocenters. The second kappa shape index (κ2) is 6.30. The lowest BCUT2D eigenvalue weighted by molar-refractivity contribution is 0.0553. The van der Waals surface area contributed by atoms with Crippen LogP contribution >= 0.6 is 11.5 Å². The lowest BCUT2D eigenvalue weighted by Crippen LogP contribution is -2.23. The zero-order valence-electron chi connectivity index (χ0n) is 13.3. The predicted molar refractivity (Wildman–Crippen MR) is 88.3 cm³/mol. The molecular formula is C16H22N4OS. The average molecular weight is 318 g/mol. The maximum Gasteiger partial charge on any atom is 0.205 e. The summed E-state index contributed by atoms with van der Waals surface area (Å²) in [7, 11) is 0. The zero-order chi connectivity index (χ0) is 15.6. The van der Waals surface area contributed by atoms with E-state index in [1.807, 2.05) is 12.1 Å². The van der Waals surface area contributed by atoms with Crippen LogP contribution in [0.1, 0.15) is 38.6 Å². The van der Waals surface area contributed by atoms with Crippen molar-refractivity contribution in [1.29, 1.82) is 0 Å². The van der Waals surface area contributed by atoms with Gasteiger partial charge in [-0.3, -0.25) is 4.98 Å². The third-order valence-electron chi connectivity index (χ3n) is 3.74. The van der Waals surface area contributed by atoms with Crippen molar-refractivity contribution < 1.29 is 4.74 Å². The van der Waals surface area contributed by atoms with Crippen LogP contribution in [0.25, 0.3) is 0 Å². The minimum absolute atomic E-state index is 0.00568. The first-order chi connectivity index (χ1) is 10.5. The molecule has 0 spiro atoms. The van der Waals surface area contributed by atoms with Crippen LogP contribution in [0.15, 0.2) is 24.5 Å². The van der Waals surface area contributed by atoms with Gasteiger partial charge >= 0.3 is 0 Å². The van der Waals surface area contributed by atoms with E-state index in [4.69, 9.17) is 4.74 Å². The second-order valence-corrected chi connectivity index (χ2v) is 7.40. The quantitative estimate of drug-likeness (QED) is 0.867. The standard InChI is InChI=1S/C16H22N4OS/c1-16(2,3)14-18-15(22-19-14)20-9-6-13(10-20)21-11-12-4-7-17-8-5-12/h4-5,7-8,13H,6,9-11H2,1-3H3. The molecule has 6 heteroatoms. The number of nitrogens with zero attached hydrogens (tertiary/aromatic N) is 4. The Balaban J connectivity index is 1.55. The summed E-state index contributed by atoms with van der Waals surface area (Å²) >= 11 is 1.49. The number of rotatable bonds is 4. The SMILES string of the molecule is CC(C)(C)c1nsc(N2CCC(OCc3ccncc3)C2)n1. The highest BCUT2D eigenvalue weighted by Gasteiger charge is 2.27. The Morgan fingerprint density at radius 1 is 1.32 bits per heavy atom. The van der Waals surface area contributed by atoms with Crippen LogP contribution in [0.3, 0.4) is 0 Å². The van der Waals surface area contributed by atoms with Crippen molar-refractivity contribution in [3.63, 3.8) is 0 Å². The van der Waals surface area contributed by atoms with Gasteiger partial charge in [-0.25, -0.2) is 4.98 Å². The fraction of sp³-hybridized carbons (Fsp3) is 0.562. The second-order valence-electron chi connectivity index (χ2n) is 6.67. The monoisotopic (exact) mass is 318 g/mol. The van der Waals surface area contributed by atoms with Gasteiger partial charge in [0.15, 0.2) is 0 Å². The molecule has 0 aromatic carbocycles. The Morgan fingerprint density at radius 2 is 2.09 bits per heavy atom. The van der Waals surface area contributed by atoms with Crippen LogP contribution in [0, 0.1) is 0 Å². The number of pyridine rings is 1. The van der Waals surface area contributed by atoms with Crippen molar-refractivity contribution >= 4 is 16.7 Å². The van der Waals surface area contributed by atoms with E-state index >= 15 is 0 Å². The fourth-order valence-electron chi connectivity index (χ4n) is 2.38.